The van der Waals surface area contributed by atoms with E-state index < -0.39 is 21.8 Å². The standard InChI is InChI=1S/C28H29N3O6S4/c1-2-30-24(39-22(28(30)34)10-11-23-29(15-16-38-23)13-5-17-41(35,36)37)18-25-31(14-12-26(32)33)21-9-8-19-6-3-4-7-20(19)27(21)40-25/h3-4,6-11,18H,2,5,12-17H2,1H3,(H-,32,33,35,36,37). The summed E-state index contributed by atoms with van der Waals surface area (Å²) in [4.78, 5) is 26.8. The van der Waals surface area contributed by atoms with Crippen LogP contribution in [0.3, 0.4) is 0 Å². The lowest BCUT2D eigenvalue weighted by atomic mass is 10.1. The number of nitrogens with zero attached hydrogens (tertiary/aromatic N) is 3. The van der Waals surface area contributed by atoms with Crippen LogP contribution in [0.1, 0.15) is 24.8 Å². The molecule has 1 aliphatic heterocycles. The molecule has 216 valence electrons. The Morgan fingerprint density at radius 3 is 2.73 bits per heavy atom. The molecule has 0 unspecified atom stereocenters. The minimum atomic E-state index is -4.24. The Bertz CT molecular complexity index is 1940. The molecule has 41 heavy (non-hydrogen) atoms. The predicted octanol–water partition coefficient (Wildman–Crippen LogP) is 2.49. The van der Waals surface area contributed by atoms with Gasteiger partial charge in [-0.1, -0.05) is 35.6 Å². The molecule has 2 aromatic carbocycles. The van der Waals surface area contributed by atoms with Gasteiger partial charge in [0.1, 0.15) is 15.8 Å². The number of allylic oxidation sites excluding steroid dienone is 1. The Morgan fingerprint density at radius 2 is 1.98 bits per heavy atom. The average molecular weight is 632 g/mol. The van der Waals surface area contributed by atoms with Crippen molar-refractivity contribution in [1.29, 1.82) is 0 Å². The van der Waals surface area contributed by atoms with Crippen LogP contribution in [0.15, 0.2) is 52.3 Å². The van der Waals surface area contributed by atoms with E-state index in [0.717, 1.165) is 48.0 Å². The van der Waals surface area contributed by atoms with E-state index in [1.54, 1.807) is 33.7 Å². The number of thiazole rings is 2. The van der Waals surface area contributed by atoms with Crippen molar-refractivity contribution in [3.05, 3.63) is 72.1 Å². The van der Waals surface area contributed by atoms with Gasteiger partial charge in [-0.2, -0.15) is 4.57 Å². The quantitative estimate of drug-likeness (QED) is 0.209. The highest BCUT2D eigenvalue weighted by atomic mass is 32.2. The van der Waals surface area contributed by atoms with Crippen LogP contribution in [0.4, 0.5) is 0 Å². The van der Waals surface area contributed by atoms with Crippen LogP contribution in [0.25, 0.3) is 33.1 Å². The van der Waals surface area contributed by atoms with Gasteiger partial charge in [0.2, 0.25) is 5.52 Å². The maximum absolute atomic E-state index is 13.3. The highest BCUT2D eigenvalue weighted by Crippen LogP contribution is 2.30. The van der Waals surface area contributed by atoms with Crippen LogP contribution in [0.2, 0.25) is 0 Å². The summed E-state index contributed by atoms with van der Waals surface area (Å²) < 4.78 is 39.0. The lowest BCUT2D eigenvalue weighted by Crippen LogP contribution is -2.37. The second kappa shape index (κ2) is 12.5. The summed E-state index contributed by atoms with van der Waals surface area (Å²) in [6.45, 7) is 3.94. The number of fused-ring (bicyclic) bond motifs is 3. The molecule has 1 aliphatic rings. The molecule has 0 spiro atoms. The number of carbonyl (C=O) groups is 1. The van der Waals surface area contributed by atoms with E-state index in [9.17, 15) is 27.7 Å². The van der Waals surface area contributed by atoms with Gasteiger partial charge in [0.05, 0.1) is 25.8 Å². The van der Waals surface area contributed by atoms with E-state index in [-0.39, 0.29) is 18.4 Å². The van der Waals surface area contributed by atoms with E-state index in [1.165, 1.54) is 11.3 Å². The van der Waals surface area contributed by atoms with Crippen LogP contribution in [0, 0.1) is 0 Å². The molecule has 0 radical (unpaired) electrons. The zero-order valence-corrected chi connectivity index (χ0v) is 25.6. The first kappa shape index (κ1) is 29.5. The number of rotatable bonds is 10. The van der Waals surface area contributed by atoms with Gasteiger partial charge in [-0.05, 0) is 36.9 Å². The molecule has 9 nitrogen and oxygen atoms in total. The third-order valence-corrected chi connectivity index (χ3v) is 10.9. The molecule has 1 N–H and O–H groups in total. The minimum Gasteiger partial charge on any atom is -0.748 e. The third kappa shape index (κ3) is 6.75. The second-order valence-electron chi connectivity index (χ2n) is 9.49. The van der Waals surface area contributed by atoms with Crippen molar-refractivity contribution in [2.45, 2.75) is 32.9 Å². The molecule has 0 bridgehead atoms. The third-order valence-electron chi connectivity index (χ3n) is 6.79. The Balaban J connectivity index is 1.56. The first-order chi connectivity index (χ1) is 19.6. The van der Waals surface area contributed by atoms with E-state index in [0.29, 0.717) is 24.2 Å². The molecule has 3 heterocycles. The smallest absolute Gasteiger partial charge is 0.309 e. The van der Waals surface area contributed by atoms with Crippen LogP contribution >= 0.6 is 34.4 Å². The lowest BCUT2D eigenvalue weighted by molar-refractivity contribution is -0.667. The van der Waals surface area contributed by atoms with Gasteiger partial charge in [0.15, 0.2) is 6.54 Å². The zero-order valence-electron chi connectivity index (χ0n) is 22.3. The molecule has 0 amide bonds. The SMILES string of the molecule is CCn1c(=O)c(=CC=C2SCCN2CCCS(=O)(=O)[O-])s/c1=C/c1sc2c3ccccc3ccc2[n+]1CCC(=O)O. The van der Waals surface area contributed by atoms with Crippen LogP contribution in [0.5, 0.6) is 0 Å². The molecule has 2 aromatic heterocycles. The van der Waals surface area contributed by atoms with Gasteiger partial charge in [-0.15, -0.1) is 23.1 Å². The number of hydrogen-bond acceptors (Lipinski definition) is 9. The van der Waals surface area contributed by atoms with Crippen molar-refractivity contribution < 1.29 is 27.4 Å². The maximum Gasteiger partial charge on any atom is 0.309 e. The average Bonchev–Trinajstić information content (AvgIpc) is 3.60. The number of carboxylic acids is 1. The topological polar surface area (TPSA) is 124 Å². The summed E-state index contributed by atoms with van der Waals surface area (Å²) in [5.41, 5.74) is 0.860. The van der Waals surface area contributed by atoms with Crippen LogP contribution in [-0.2, 0) is 28.0 Å². The predicted molar refractivity (Wildman–Crippen MR) is 165 cm³/mol. The molecule has 0 aliphatic carbocycles. The Morgan fingerprint density at radius 1 is 1.17 bits per heavy atom. The van der Waals surface area contributed by atoms with E-state index in [2.05, 4.69) is 12.1 Å². The van der Waals surface area contributed by atoms with Gasteiger partial charge in [-0.3, -0.25) is 14.2 Å². The first-order valence-corrected chi connectivity index (χ1v) is 17.3. The summed E-state index contributed by atoms with van der Waals surface area (Å²) in [5, 5.41) is 13.4. The normalized spacial score (nSPS) is 16.1. The Kier molecular flexibility index (Phi) is 9.00. The van der Waals surface area contributed by atoms with Gasteiger partial charge in [-0.25, -0.2) is 8.42 Å². The molecule has 5 rings (SSSR count). The summed E-state index contributed by atoms with van der Waals surface area (Å²) in [6.07, 6.45) is 5.91. The molecule has 1 saturated heterocycles. The Labute approximate surface area is 249 Å². The number of aryl methyl sites for hydroxylation is 1. The summed E-state index contributed by atoms with van der Waals surface area (Å²) >= 11 is 4.60. The number of aromatic nitrogens is 2. The van der Waals surface area contributed by atoms with E-state index >= 15 is 0 Å². The van der Waals surface area contributed by atoms with E-state index in [1.807, 2.05) is 52.8 Å². The highest BCUT2D eigenvalue weighted by molar-refractivity contribution is 8.03. The molecule has 4 aromatic rings. The van der Waals surface area contributed by atoms with Crippen molar-refractivity contribution in [2.24, 2.45) is 0 Å². The van der Waals surface area contributed by atoms with Gasteiger partial charge < -0.3 is 14.6 Å². The second-order valence-corrected chi connectivity index (χ2v) is 14.2. The lowest BCUT2D eigenvalue weighted by Gasteiger charge is -2.19. The number of aliphatic carboxylic acids is 1. The van der Waals surface area contributed by atoms with Gasteiger partial charge >= 0.3 is 5.97 Å². The Hall–Kier alpha value is -2.97. The van der Waals surface area contributed by atoms with Crippen molar-refractivity contribution in [2.75, 3.05) is 24.6 Å². The minimum absolute atomic E-state index is 0.0172. The van der Waals surface area contributed by atoms with Gasteiger partial charge in [0.25, 0.3) is 10.6 Å². The number of hydrogen-bond donors (Lipinski definition) is 1. The molecule has 1 fully saturated rings. The summed E-state index contributed by atoms with van der Waals surface area (Å²) in [5.74, 6) is -0.413. The number of benzene rings is 2. The van der Waals surface area contributed by atoms with Crippen molar-refractivity contribution in [3.8, 4) is 0 Å². The molecular weight excluding hydrogens is 603 g/mol. The molecule has 0 saturated carbocycles. The van der Waals surface area contributed by atoms with Gasteiger partial charge in [0, 0.05) is 42.6 Å². The molecular formula is C28H29N3O6S4. The fraction of sp³-hybridized carbons (Fsp3) is 0.321. The van der Waals surface area contributed by atoms with Crippen LogP contribution in [-0.4, -0.2) is 58.1 Å². The number of carboxylic acid groups (broad SMARTS) is 1. The number of thioether (sulfide) groups is 1. The van der Waals surface area contributed by atoms with E-state index in [4.69, 9.17) is 0 Å². The maximum atomic E-state index is 13.3. The van der Waals surface area contributed by atoms with Crippen LogP contribution < -0.4 is 19.3 Å². The van der Waals surface area contributed by atoms with Crippen molar-refractivity contribution >= 4 is 83.7 Å². The largest absolute Gasteiger partial charge is 0.748 e. The molecule has 13 heteroatoms. The fourth-order valence-corrected chi connectivity index (χ4v) is 8.77. The van der Waals surface area contributed by atoms with Crippen molar-refractivity contribution in [3.63, 3.8) is 0 Å². The van der Waals surface area contributed by atoms with Crippen molar-refractivity contribution in [1.82, 2.24) is 9.47 Å². The zero-order chi connectivity index (χ0) is 29.1. The summed E-state index contributed by atoms with van der Waals surface area (Å²) in [6, 6.07) is 12.2. The first-order valence-electron chi connectivity index (χ1n) is 13.1. The highest BCUT2D eigenvalue weighted by Gasteiger charge is 2.22. The monoisotopic (exact) mass is 631 g/mol. The fourth-order valence-electron chi connectivity index (χ4n) is 4.85. The molecule has 0 atom stereocenters. The summed E-state index contributed by atoms with van der Waals surface area (Å²) in [7, 11) is -4.24.